The van der Waals surface area contributed by atoms with Crippen LogP contribution in [-0.2, 0) is 6.18 Å². The van der Waals surface area contributed by atoms with E-state index in [4.69, 9.17) is 0 Å². The zero-order valence-corrected chi connectivity index (χ0v) is 15.8. The first-order valence-electron chi connectivity index (χ1n) is 9.73. The molecule has 0 unspecified atom stereocenters. The molecule has 1 N–H and O–H groups in total. The molecule has 1 fully saturated rings. The van der Waals surface area contributed by atoms with E-state index in [-0.39, 0.29) is 0 Å². The first-order chi connectivity index (χ1) is 14.0. The Hall–Kier alpha value is -2.96. The van der Waals surface area contributed by atoms with Gasteiger partial charge in [-0.3, -0.25) is 4.98 Å². The second-order valence-corrected chi connectivity index (χ2v) is 7.26. The van der Waals surface area contributed by atoms with Gasteiger partial charge >= 0.3 is 6.18 Å². The lowest BCUT2D eigenvalue weighted by atomic mass is 9.95. The Bertz CT molecular complexity index is 967. The average molecular weight is 398 g/mol. The summed E-state index contributed by atoms with van der Waals surface area (Å²) in [7, 11) is 0. The smallest absolute Gasteiger partial charge is 0.367 e. The van der Waals surface area contributed by atoms with Crippen LogP contribution in [0.1, 0.15) is 37.7 Å². The summed E-state index contributed by atoms with van der Waals surface area (Å²) < 4.78 is 39.5. The van der Waals surface area contributed by atoms with Crippen molar-refractivity contribution in [3.8, 4) is 22.6 Å². The van der Waals surface area contributed by atoms with Crippen molar-refractivity contribution in [3.05, 3.63) is 60.4 Å². The second-order valence-electron chi connectivity index (χ2n) is 7.26. The molecule has 7 heteroatoms. The van der Waals surface area contributed by atoms with Gasteiger partial charge < -0.3 is 5.32 Å². The van der Waals surface area contributed by atoms with E-state index in [9.17, 15) is 13.2 Å². The number of alkyl halides is 3. The summed E-state index contributed by atoms with van der Waals surface area (Å²) in [5, 5.41) is 3.45. The van der Waals surface area contributed by atoms with Crippen LogP contribution in [-0.4, -0.2) is 21.0 Å². The number of pyridine rings is 1. The van der Waals surface area contributed by atoms with Crippen molar-refractivity contribution in [1.29, 1.82) is 0 Å². The summed E-state index contributed by atoms with van der Waals surface area (Å²) in [5.41, 5.74) is 0.869. The first kappa shape index (κ1) is 19.4. The zero-order chi connectivity index (χ0) is 20.3. The van der Waals surface area contributed by atoms with E-state index in [1.807, 2.05) is 6.07 Å². The highest BCUT2D eigenvalue weighted by Crippen LogP contribution is 2.33. The molecule has 150 valence electrons. The van der Waals surface area contributed by atoms with Crippen LogP contribution >= 0.6 is 0 Å². The Morgan fingerprint density at radius 3 is 2.41 bits per heavy atom. The topological polar surface area (TPSA) is 50.7 Å². The largest absolute Gasteiger partial charge is 0.416 e. The van der Waals surface area contributed by atoms with Crippen LogP contribution < -0.4 is 5.32 Å². The Morgan fingerprint density at radius 1 is 0.897 bits per heavy atom. The van der Waals surface area contributed by atoms with Crippen LogP contribution in [0.3, 0.4) is 0 Å². The van der Waals surface area contributed by atoms with Crippen molar-refractivity contribution in [3.63, 3.8) is 0 Å². The molecule has 2 heterocycles. The van der Waals surface area contributed by atoms with Gasteiger partial charge in [0.2, 0.25) is 0 Å². The molecule has 3 aromatic rings. The van der Waals surface area contributed by atoms with Gasteiger partial charge in [0, 0.05) is 35.6 Å². The summed E-state index contributed by atoms with van der Waals surface area (Å²) in [4.78, 5) is 13.2. The molecule has 4 nitrogen and oxygen atoms in total. The van der Waals surface area contributed by atoms with Gasteiger partial charge in [-0.05, 0) is 37.1 Å². The molecule has 0 radical (unpaired) electrons. The van der Waals surface area contributed by atoms with Crippen LogP contribution in [0, 0.1) is 0 Å². The average Bonchev–Trinajstić information content (AvgIpc) is 2.74. The van der Waals surface area contributed by atoms with Gasteiger partial charge in [0.05, 0.1) is 11.3 Å². The predicted molar refractivity (Wildman–Crippen MR) is 106 cm³/mol. The minimum atomic E-state index is -4.40. The number of benzene rings is 1. The summed E-state index contributed by atoms with van der Waals surface area (Å²) >= 11 is 0. The summed E-state index contributed by atoms with van der Waals surface area (Å²) in [6, 6.07) is 10.9. The van der Waals surface area contributed by atoms with E-state index in [1.165, 1.54) is 25.3 Å². The maximum absolute atomic E-state index is 13.2. The summed E-state index contributed by atoms with van der Waals surface area (Å²) in [6.45, 7) is 0. The van der Waals surface area contributed by atoms with Crippen LogP contribution in [0.2, 0.25) is 0 Å². The highest BCUT2D eigenvalue weighted by atomic mass is 19.4. The molecule has 1 aliphatic carbocycles. The molecule has 0 bridgehead atoms. The molecule has 1 aliphatic rings. The second kappa shape index (κ2) is 8.19. The van der Waals surface area contributed by atoms with Crippen LogP contribution in [0.15, 0.2) is 54.9 Å². The number of halogens is 3. The van der Waals surface area contributed by atoms with E-state index < -0.39 is 11.7 Å². The van der Waals surface area contributed by atoms with Gasteiger partial charge in [-0.25, -0.2) is 9.97 Å². The number of nitrogens with zero attached hydrogens (tertiary/aromatic N) is 3. The SMILES string of the molecule is FC(F)(F)c1cccc(-c2cc(NC3CCCCC3)nc(-c3cccnc3)n2)c1. The van der Waals surface area contributed by atoms with Gasteiger partial charge in [0.1, 0.15) is 5.82 Å². The van der Waals surface area contributed by atoms with Crippen molar-refractivity contribution in [2.24, 2.45) is 0 Å². The van der Waals surface area contributed by atoms with Crippen molar-refractivity contribution < 1.29 is 13.2 Å². The van der Waals surface area contributed by atoms with E-state index in [2.05, 4.69) is 20.3 Å². The highest BCUT2D eigenvalue weighted by molar-refractivity contribution is 5.68. The summed E-state index contributed by atoms with van der Waals surface area (Å²) in [5.74, 6) is 1.06. The van der Waals surface area contributed by atoms with Gasteiger partial charge in [0.25, 0.3) is 0 Å². The third-order valence-electron chi connectivity index (χ3n) is 5.09. The van der Waals surface area contributed by atoms with Gasteiger partial charge in [-0.15, -0.1) is 0 Å². The van der Waals surface area contributed by atoms with Crippen LogP contribution in [0.5, 0.6) is 0 Å². The maximum Gasteiger partial charge on any atom is 0.416 e. The van der Waals surface area contributed by atoms with Crippen LogP contribution in [0.25, 0.3) is 22.6 Å². The van der Waals surface area contributed by atoms with Crippen molar-refractivity contribution in [2.75, 3.05) is 5.32 Å². The standard InChI is InChI=1S/C22H21F3N4/c23-22(24,25)17-8-4-6-15(12-17)19-13-20(27-18-9-2-1-3-10-18)29-21(28-19)16-7-5-11-26-14-16/h4-8,11-14,18H,1-3,9-10H2,(H,27,28,29). The minimum absolute atomic E-state index is 0.315. The normalized spacial score (nSPS) is 15.3. The molecule has 0 spiro atoms. The van der Waals surface area contributed by atoms with E-state index in [0.29, 0.717) is 34.5 Å². The lowest BCUT2D eigenvalue weighted by Crippen LogP contribution is -2.23. The predicted octanol–water partition coefficient (Wildman–Crippen LogP) is 5.97. The number of nitrogens with one attached hydrogen (secondary N) is 1. The van der Waals surface area contributed by atoms with Crippen molar-refractivity contribution >= 4 is 5.82 Å². The fourth-order valence-corrected chi connectivity index (χ4v) is 3.60. The number of hydrogen-bond donors (Lipinski definition) is 1. The third-order valence-corrected chi connectivity index (χ3v) is 5.09. The Kier molecular flexibility index (Phi) is 5.47. The molecule has 29 heavy (non-hydrogen) atoms. The highest BCUT2D eigenvalue weighted by Gasteiger charge is 2.30. The van der Waals surface area contributed by atoms with Crippen LogP contribution in [0.4, 0.5) is 19.0 Å². The molecule has 4 rings (SSSR count). The number of aromatic nitrogens is 3. The van der Waals surface area contributed by atoms with Gasteiger partial charge in [0.15, 0.2) is 5.82 Å². The minimum Gasteiger partial charge on any atom is -0.367 e. The lowest BCUT2D eigenvalue weighted by molar-refractivity contribution is -0.137. The Labute approximate surface area is 167 Å². The molecular weight excluding hydrogens is 377 g/mol. The molecule has 1 saturated carbocycles. The monoisotopic (exact) mass is 398 g/mol. The molecule has 2 aromatic heterocycles. The quantitative estimate of drug-likeness (QED) is 0.588. The Balaban J connectivity index is 1.75. The molecule has 0 aliphatic heterocycles. The zero-order valence-electron chi connectivity index (χ0n) is 15.8. The molecule has 0 amide bonds. The van der Waals surface area contributed by atoms with Crippen molar-refractivity contribution in [2.45, 2.75) is 44.3 Å². The number of hydrogen-bond acceptors (Lipinski definition) is 4. The lowest BCUT2D eigenvalue weighted by Gasteiger charge is -2.23. The van der Waals surface area contributed by atoms with Gasteiger partial charge in [-0.1, -0.05) is 31.4 Å². The maximum atomic E-state index is 13.2. The fraction of sp³-hybridized carbons (Fsp3) is 0.318. The fourth-order valence-electron chi connectivity index (χ4n) is 3.60. The summed E-state index contributed by atoms with van der Waals surface area (Å²) in [6.07, 6.45) is 4.58. The molecule has 0 atom stereocenters. The first-order valence-corrected chi connectivity index (χ1v) is 9.73. The number of anilines is 1. The molecular formula is C22H21F3N4. The Morgan fingerprint density at radius 2 is 1.69 bits per heavy atom. The van der Waals surface area contributed by atoms with Gasteiger partial charge in [-0.2, -0.15) is 13.2 Å². The molecule has 0 saturated heterocycles. The van der Waals surface area contributed by atoms with E-state index in [0.717, 1.165) is 25.0 Å². The molecule has 1 aromatic carbocycles. The van der Waals surface area contributed by atoms with Crippen molar-refractivity contribution in [1.82, 2.24) is 15.0 Å². The van der Waals surface area contributed by atoms with E-state index >= 15 is 0 Å². The van der Waals surface area contributed by atoms with E-state index in [1.54, 1.807) is 30.6 Å². The third kappa shape index (κ3) is 4.72. The number of rotatable bonds is 4.